The number of hydrogen-bond acceptors (Lipinski definition) is 3. The van der Waals surface area contributed by atoms with Crippen molar-refractivity contribution < 1.29 is 9.53 Å². The molecule has 1 unspecified atom stereocenters. The number of imidazole rings is 1. The lowest BCUT2D eigenvalue weighted by Crippen LogP contribution is -2.37. The predicted molar refractivity (Wildman–Crippen MR) is 70.6 cm³/mol. The second kappa shape index (κ2) is 3.99. The molecule has 1 saturated carbocycles. The van der Waals surface area contributed by atoms with Crippen LogP contribution in [-0.4, -0.2) is 33.1 Å². The third-order valence-electron chi connectivity index (χ3n) is 3.93. The topological polar surface area (TPSA) is 58.2 Å². The molecule has 1 amide bonds. The number of aromatic amines is 1. The molecule has 5 heteroatoms. The fourth-order valence-electron chi connectivity index (χ4n) is 2.81. The molecule has 2 aliphatic rings. The highest BCUT2D eigenvalue weighted by molar-refractivity contribution is 5.69. The van der Waals surface area contributed by atoms with Gasteiger partial charge in [0.25, 0.3) is 0 Å². The van der Waals surface area contributed by atoms with Gasteiger partial charge in [-0.3, -0.25) is 4.90 Å². The highest BCUT2D eigenvalue weighted by Crippen LogP contribution is 2.58. The van der Waals surface area contributed by atoms with Crippen molar-refractivity contribution in [2.45, 2.75) is 51.7 Å². The number of nitrogens with one attached hydrogen (secondary N) is 1. The SMILES string of the molecule is CC(C)(C)OC(=O)N1CC2(CC2)CC1c1ncc[nH]1. The Balaban J connectivity index is 1.80. The first kappa shape index (κ1) is 12.5. The number of amides is 1. The summed E-state index contributed by atoms with van der Waals surface area (Å²) >= 11 is 0. The number of rotatable bonds is 1. The van der Waals surface area contributed by atoms with Crippen LogP contribution in [0.3, 0.4) is 0 Å². The zero-order valence-electron chi connectivity index (χ0n) is 11.8. The van der Waals surface area contributed by atoms with E-state index in [9.17, 15) is 4.79 Å². The third kappa shape index (κ3) is 2.46. The largest absolute Gasteiger partial charge is 0.444 e. The van der Waals surface area contributed by atoms with Crippen LogP contribution in [-0.2, 0) is 4.74 Å². The van der Waals surface area contributed by atoms with Crippen molar-refractivity contribution >= 4 is 6.09 Å². The first-order valence-electron chi connectivity index (χ1n) is 6.88. The second-order valence-corrected chi connectivity index (χ2v) is 6.80. The molecule has 1 atom stereocenters. The Bertz CT molecular complexity index is 471. The minimum Gasteiger partial charge on any atom is -0.444 e. The molecule has 3 rings (SSSR count). The molecule has 1 spiro atoms. The number of likely N-dealkylation sites (tertiary alicyclic amines) is 1. The molecular formula is C14H21N3O2. The summed E-state index contributed by atoms with van der Waals surface area (Å²) < 4.78 is 5.52. The third-order valence-corrected chi connectivity index (χ3v) is 3.93. The molecule has 2 fully saturated rings. The normalized spacial score (nSPS) is 24.8. The van der Waals surface area contributed by atoms with Gasteiger partial charge in [-0.25, -0.2) is 9.78 Å². The van der Waals surface area contributed by atoms with Gasteiger partial charge in [-0.2, -0.15) is 0 Å². The monoisotopic (exact) mass is 263 g/mol. The molecular weight excluding hydrogens is 242 g/mol. The summed E-state index contributed by atoms with van der Waals surface area (Å²) in [5.41, 5.74) is -0.127. The van der Waals surface area contributed by atoms with Crippen LogP contribution in [0.15, 0.2) is 12.4 Å². The van der Waals surface area contributed by atoms with Crippen LogP contribution >= 0.6 is 0 Å². The molecule has 1 saturated heterocycles. The van der Waals surface area contributed by atoms with E-state index >= 15 is 0 Å². The number of carbonyl (C=O) groups excluding carboxylic acids is 1. The average Bonchev–Trinajstić information content (AvgIpc) is 2.76. The first-order valence-corrected chi connectivity index (χ1v) is 6.88. The minimum absolute atomic E-state index is 0.0346. The van der Waals surface area contributed by atoms with Gasteiger partial charge in [0.1, 0.15) is 11.4 Å². The smallest absolute Gasteiger partial charge is 0.410 e. The summed E-state index contributed by atoms with van der Waals surface area (Å²) in [4.78, 5) is 21.6. The van der Waals surface area contributed by atoms with E-state index in [4.69, 9.17) is 4.74 Å². The number of aromatic nitrogens is 2. The van der Waals surface area contributed by atoms with E-state index in [1.165, 1.54) is 12.8 Å². The van der Waals surface area contributed by atoms with Gasteiger partial charge >= 0.3 is 6.09 Å². The average molecular weight is 263 g/mol. The van der Waals surface area contributed by atoms with E-state index in [0.29, 0.717) is 5.41 Å². The Kier molecular flexibility index (Phi) is 2.62. The van der Waals surface area contributed by atoms with Gasteiger partial charge in [0.05, 0.1) is 6.04 Å². The zero-order valence-corrected chi connectivity index (χ0v) is 11.8. The predicted octanol–water partition coefficient (Wildman–Crippen LogP) is 2.87. The van der Waals surface area contributed by atoms with Crippen LogP contribution in [0, 0.1) is 5.41 Å². The lowest BCUT2D eigenvalue weighted by atomic mass is 10.0. The fourth-order valence-corrected chi connectivity index (χ4v) is 2.81. The van der Waals surface area contributed by atoms with Crippen LogP contribution in [0.5, 0.6) is 0 Å². The summed E-state index contributed by atoms with van der Waals surface area (Å²) in [6.45, 7) is 6.49. The van der Waals surface area contributed by atoms with Crippen molar-refractivity contribution in [2.75, 3.05) is 6.54 Å². The molecule has 0 radical (unpaired) electrons. The molecule has 1 aromatic heterocycles. The molecule has 104 valence electrons. The number of H-pyrrole nitrogens is 1. The van der Waals surface area contributed by atoms with Crippen molar-refractivity contribution in [3.63, 3.8) is 0 Å². The Morgan fingerprint density at radius 1 is 1.53 bits per heavy atom. The summed E-state index contributed by atoms with van der Waals surface area (Å²) in [7, 11) is 0. The van der Waals surface area contributed by atoms with Gasteiger partial charge in [-0.05, 0) is 45.4 Å². The number of nitrogens with zero attached hydrogens (tertiary/aromatic N) is 2. The van der Waals surface area contributed by atoms with Crippen molar-refractivity contribution in [2.24, 2.45) is 5.41 Å². The van der Waals surface area contributed by atoms with E-state index in [2.05, 4.69) is 9.97 Å². The first-order chi connectivity index (χ1) is 8.89. The van der Waals surface area contributed by atoms with Gasteiger partial charge in [-0.1, -0.05) is 0 Å². The molecule has 0 bridgehead atoms. The summed E-state index contributed by atoms with van der Waals surface area (Å²) in [6.07, 6.45) is 6.74. The molecule has 5 nitrogen and oxygen atoms in total. The number of hydrogen-bond donors (Lipinski definition) is 1. The van der Waals surface area contributed by atoms with Gasteiger partial charge in [0.15, 0.2) is 0 Å². The number of ether oxygens (including phenoxy) is 1. The molecule has 0 aromatic carbocycles. The fraction of sp³-hybridized carbons (Fsp3) is 0.714. The van der Waals surface area contributed by atoms with Gasteiger partial charge < -0.3 is 9.72 Å². The molecule has 1 N–H and O–H groups in total. The van der Waals surface area contributed by atoms with Crippen LogP contribution in [0.4, 0.5) is 4.79 Å². The Morgan fingerprint density at radius 2 is 2.26 bits per heavy atom. The lowest BCUT2D eigenvalue weighted by molar-refractivity contribution is 0.0212. The summed E-state index contributed by atoms with van der Waals surface area (Å²) in [5, 5.41) is 0. The van der Waals surface area contributed by atoms with Gasteiger partial charge in [0, 0.05) is 18.9 Å². The standard InChI is InChI=1S/C14H21N3O2/c1-13(2,3)19-12(18)17-9-14(4-5-14)8-10(17)11-15-6-7-16-11/h6-7,10H,4-5,8-9H2,1-3H3,(H,15,16). The molecule has 2 heterocycles. The van der Waals surface area contributed by atoms with Crippen LogP contribution in [0.25, 0.3) is 0 Å². The van der Waals surface area contributed by atoms with Crippen molar-refractivity contribution in [3.8, 4) is 0 Å². The van der Waals surface area contributed by atoms with Crippen LogP contribution < -0.4 is 0 Å². The molecule has 19 heavy (non-hydrogen) atoms. The van der Waals surface area contributed by atoms with E-state index in [1.54, 1.807) is 12.4 Å². The lowest BCUT2D eigenvalue weighted by Gasteiger charge is -2.27. The summed E-state index contributed by atoms with van der Waals surface area (Å²) in [6, 6.07) is 0.0346. The zero-order chi connectivity index (χ0) is 13.7. The van der Waals surface area contributed by atoms with Crippen molar-refractivity contribution in [1.29, 1.82) is 0 Å². The van der Waals surface area contributed by atoms with Gasteiger partial charge in [0.2, 0.25) is 0 Å². The molecule has 1 aliphatic carbocycles. The van der Waals surface area contributed by atoms with Crippen molar-refractivity contribution in [3.05, 3.63) is 18.2 Å². The van der Waals surface area contributed by atoms with E-state index in [1.807, 2.05) is 25.7 Å². The van der Waals surface area contributed by atoms with Crippen molar-refractivity contribution in [1.82, 2.24) is 14.9 Å². The Morgan fingerprint density at radius 3 is 2.79 bits per heavy atom. The second-order valence-electron chi connectivity index (χ2n) is 6.80. The number of carbonyl (C=O) groups is 1. The quantitative estimate of drug-likeness (QED) is 0.847. The Hall–Kier alpha value is -1.52. The Labute approximate surface area is 113 Å². The maximum Gasteiger partial charge on any atom is 0.410 e. The van der Waals surface area contributed by atoms with E-state index < -0.39 is 5.60 Å². The van der Waals surface area contributed by atoms with Crippen LogP contribution in [0.2, 0.25) is 0 Å². The van der Waals surface area contributed by atoms with E-state index in [0.717, 1.165) is 18.8 Å². The summed E-state index contributed by atoms with van der Waals surface area (Å²) in [5.74, 6) is 0.870. The molecule has 1 aliphatic heterocycles. The highest BCUT2D eigenvalue weighted by atomic mass is 16.6. The minimum atomic E-state index is -0.454. The maximum absolute atomic E-state index is 12.3. The molecule has 1 aromatic rings. The highest BCUT2D eigenvalue weighted by Gasteiger charge is 2.54. The van der Waals surface area contributed by atoms with Crippen LogP contribution in [0.1, 0.15) is 51.9 Å². The maximum atomic E-state index is 12.3. The van der Waals surface area contributed by atoms with Gasteiger partial charge in [-0.15, -0.1) is 0 Å². The van der Waals surface area contributed by atoms with E-state index in [-0.39, 0.29) is 12.1 Å².